The van der Waals surface area contributed by atoms with Crippen molar-refractivity contribution < 1.29 is 9.47 Å². The van der Waals surface area contributed by atoms with Crippen LogP contribution >= 0.6 is 0 Å². The second kappa shape index (κ2) is 3.11. The number of hydrogen-bond acceptors (Lipinski definition) is 2. The molecule has 0 aliphatic carbocycles. The van der Waals surface area contributed by atoms with Gasteiger partial charge >= 0.3 is 0 Å². The lowest BCUT2D eigenvalue weighted by Gasteiger charge is -2.40. The SMILES string of the molecule is CCC1(C)O[C@@H](C)C[C@H](C)O1. The van der Waals surface area contributed by atoms with Crippen molar-refractivity contribution in [2.75, 3.05) is 0 Å². The van der Waals surface area contributed by atoms with Crippen LogP contribution in [-0.2, 0) is 9.47 Å². The molecule has 11 heavy (non-hydrogen) atoms. The van der Waals surface area contributed by atoms with Crippen molar-refractivity contribution >= 4 is 0 Å². The van der Waals surface area contributed by atoms with E-state index in [2.05, 4.69) is 20.8 Å². The van der Waals surface area contributed by atoms with Gasteiger partial charge in [0.25, 0.3) is 0 Å². The summed E-state index contributed by atoms with van der Waals surface area (Å²) in [6, 6.07) is 0. The van der Waals surface area contributed by atoms with Crippen LogP contribution < -0.4 is 0 Å². The van der Waals surface area contributed by atoms with Gasteiger partial charge in [-0.1, -0.05) is 6.92 Å². The zero-order valence-corrected chi connectivity index (χ0v) is 7.89. The quantitative estimate of drug-likeness (QED) is 0.583. The Morgan fingerprint density at radius 1 is 1.27 bits per heavy atom. The average Bonchev–Trinajstić information content (AvgIpc) is 1.84. The van der Waals surface area contributed by atoms with Crippen LogP contribution in [0.15, 0.2) is 0 Å². The molecule has 2 atom stereocenters. The van der Waals surface area contributed by atoms with Gasteiger partial charge in [-0.25, -0.2) is 0 Å². The van der Waals surface area contributed by atoms with Gasteiger partial charge in [0.2, 0.25) is 0 Å². The van der Waals surface area contributed by atoms with Gasteiger partial charge in [-0.3, -0.25) is 0 Å². The Hall–Kier alpha value is -0.0800. The van der Waals surface area contributed by atoms with E-state index in [1.165, 1.54) is 0 Å². The fourth-order valence-electron chi connectivity index (χ4n) is 1.61. The Morgan fingerprint density at radius 3 is 2.09 bits per heavy atom. The Balaban J connectivity index is 2.55. The maximum atomic E-state index is 5.67. The van der Waals surface area contributed by atoms with E-state index in [-0.39, 0.29) is 5.79 Å². The highest BCUT2D eigenvalue weighted by molar-refractivity contribution is 4.73. The van der Waals surface area contributed by atoms with E-state index in [1.54, 1.807) is 0 Å². The first-order valence-corrected chi connectivity index (χ1v) is 4.41. The van der Waals surface area contributed by atoms with Crippen molar-refractivity contribution in [2.24, 2.45) is 0 Å². The van der Waals surface area contributed by atoms with Gasteiger partial charge in [0.1, 0.15) is 0 Å². The monoisotopic (exact) mass is 158 g/mol. The van der Waals surface area contributed by atoms with Crippen LogP contribution in [-0.4, -0.2) is 18.0 Å². The Morgan fingerprint density at radius 2 is 1.73 bits per heavy atom. The smallest absolute Gasteiger partial charge is 0.165 e. The molecule has 0 aromatic carbocycles. The van der Waals surface area contributed by atoms with Crippen molar-refractivity contribution in [2.45, 2.75) is 58.5 Å². The van der Waals surface area contributed by atoms with Gasteiger partial charge in [-0.15, -0.1) is 0 Å². The largest absolute Gasteiger partial charge is 0.347 e. The maximum absolute atomic E-state index is 5.67. The summed E-state index contributed by atoms with van der Waals surface area (Å²) in [6.07, 6.45) is 2.60. The summed E-state index contributed by atoms with van der Waals surface area (Å²) in [5.74, 6) is -0.336. The molecule has 1 rings (SSSR count). The highest BCUT2D eigenvalue weighted by Crippen LogP contribution is 2.28. The van der Waals surface area contributed by atoms with Crippen LogP contribution in [0.5, 0.6) is 0 Å². The minimum atomic E-state index is -0.336. The third-order valence-corrected chi connectivity index (χ3v) is 2.21. The molecular formula is C9H18O2. The predicted octanol–water partition coefficient (Wildman–Crippen LogP) is 2.33. The molecular weight excluding hydrogens is 140 g/mol. The van der Waals surface area contributed by atoms with E-state index in [0.29, 0.717) is 12.2 Å². The van der Waals surface area contributed by atoms with E-state index >= 15 is 0 Å². The third-order valence-electron chi connectivity index (χ3n) is 2.21. The lowest BCUT2D eigenvalue weighted by molar-refractivity contribution is -0.303. The van der Waals surface area contributed by atoms with Gasteiger partial charge in [0.15, 0.2) is 5.79 Å². The average molecular weight is 158 g/mol. The molecule has 0 saturated carbocycles. The van der Waals surface area contributed by atoms with E-state index < -0.39 is 0 Å². The van der Waals surface area contributed by atoms with Crippen LogP contribution in [0.4, 0.5) is 0 Å². The lowest BCUT2D eigenvalue weighted by atomic mass is 10.1. The van der Waals surface area contributed by atoms with Crippen molar-refractivity contribution in [3.63, 3.8) is 0 Å². The molecule has 0 N–H and O–H groups in total. The van der Waals surface area contributed by atoms with E-state index in [4.69, 9.17) is 9.47 Å². The fraction of sp³-hybridized carbons (Fsp3) is 1.00. The second-order valence-corrected chi connectivity index (χ2v) is 3.58. The van der Waals surface area contributed by atoms with Crippen molar-refractivity contribution in [3.8, 4) is 0 Å². The summed E-state index contributed by atoms with van der Waals surface area (Å²) in [4.78, 5) is 0. The molecule has 0 bridgehead atoms. The molecule has 1 aliphatic heterocycles. The van der Waals surface area contributed by atoms with E-state index in [1.807, 2.05) is 6.92 Å². The minimum absolute atomic E-state index is 0.336. The molecule has 0 unspecified atom stereocenters. The predicted molar refractivity (Wildman–Crippen MR) is 44.4 cm³/mol. The van der Waals surface area contributed by atoms with Crippen molar-refractivity contribution in [1.82, 2.24) is 0 Å². The molecule has 1 aliphatic rings. The summed E-state index contributed by atoms with van der Waals surface area (Å²) < 4.78 is 11.3. The molecule has 0 aromatic heterocycles. The molecule has 2 nitrogen and oxygen atoms in total. The summed E-state index contributed by atoms with van der Waals surface area (Å²) in [5.41, 5.74) is 0. The zero-order valence-electron chi connectivity index (χ0n) is 7.89. The summed E-state index contributed by atoms with van der Waals surface area (Å²) in [5, 5.41) is 0. The normalized spacial score (nSPS) is 45.8. The molecule has 2 heteroatoms. The number of ether oxygens (including phenoxy) is 2. The van der Waals surface area contributed by atoms with Gasteiger partial charge in [0.05, 0.1) is 12.2 Å². The van der Waals surface area contributed by atoms with Crippen LogP contribution in [0.2, 0.25) is 0 Å². The summed E-state index contributed by atoms with van der Waals surface area (Å²) in [6.45, 7) is 8.31. The molecule has 1 heterocycles. The van der Waals surface area contributed by atoms with E-state index in [0.717, 1.165) is 12.8 Å². The molecule has 1 saturated heterocycles. The van der Waals surface area contributed by atoms with Gasteiger partial charge in [-0.05, 0) is 33.6 Å². The van der Waals surface area contributed by atoms with Crippen LogP contribution in [0, 0.1) is 0 Å². The lowest BCUT2D eigenvalue weighted by Crippen LogP contribution is -2.44. The molecule has 0 spiro atoms. The summed E-state index contributed by atoms with van der Waals surface area (Å²) >= 11 is 0. The van der Waals surface area contributed by atoms with Crippen LogP contribution in [0.25, 0.3) is 0 Å². The van der Waals surface area contributed by atoms with E-state index in [9.17, 15) is 0 Å². The minimum Gasteiger partial charge on any atom is -0.347 e. The maximum Gasteiger partial charge on any atom is 0.165 e. The first-order chi connectivity index (χ1) is 5.06. The van der Waals surface area contributed by atoms with Gasteiger partial charge in [0, 0.05) is 0 Å². The number of hydrogen-bond donors (Lipinski definition) is 0. The van der Waals surface area contributed by atoms with Gasteiger partial charge in [-0.2, -0.15) is 0 Å². The molecule has 1 fully saturated rings. The van der Waals surface area contributed by atoms with Crippen LogP contribution in [0.3, 0.4) is 0 Å². The fourth-order valence-corrected chi connectivity index (χ4v) is 1.61. The zero-order chi connectivity index (χ0) is 8.48. The molecule has 0 radical (unpaired) electrons. The van der Waals surface area contributed by atoms with Crippen molar-refractivity contribution in [3.05, 3.63) is 0 Å². The first kappa shape index (κ1) is 9.01. The van der Waals surface area contributed by atoms with Crippen molar-refractivity contribution in [1.29, 1.82) is 0 Å². The third kappa shape index (κ3) is 2.17. The first-order valence-electron chi connectivity index (χ1n) is 4.41. The standard InChI is InChI=1S/C9H18O2/c1-5-9(4)10-7(2)6-8(3)11-9/h7-8H,5-6H2,1-4H3/t7-,8-/m0/s1. The van der Waals surface area contributed by atoms with Gasteiger partial charge < -0.3 is 9.47 Å². The summed E-state index contributed by atoms with van der Waals surface area (Å²) in [7, 11) is 0. The molecule has 66 valence electrons. The Labute approximate surface area is 68.9 Å². The topological polar surface area (TPSA) is 18.5 Å². The highest BCUT2D eigenvalue weighted by atomic mass is 16.7. The Kier molecular flexibility index (Phi) is 2.55. The molecule has 0 amide bonds. The Bertz CT molecular complexity index is 124. The highest BCUT2D eigenvalue weighted by Gasteiger charge is 2.33. The molecule has 0 aromatic rings. The number of rotatable bonds is 1. The second-order valence-electron chi connectivity index (χ2n) is 3.58. The van der Waals surface area contributed by atoms with Crippen LogP contribution in [0.1, 0.15) is 40.5 Å².